The number of nitrogens with one attached hydrogen (secondary N) is 1. The number of nitriles is 1. The number of rotatable bonds is 6. The Labute approximate surface area is 275 Å². The molecule has 2 aliphatic carbocycles. The molecule has 3 atom stereocenters. The lowest BCUT2D eigenvalue weighted by Gasteiger charge is -2.53. The van der Waals surface area contributed by atoms with Crippen LogP contribution in [0.3, 0.4) is 0 Å². The molecule has 9 heteroatoms. The second-order valence-electron chi connectivity index (χ2n) is 14.9. The quantitative estimate of drug-likeness (QED) is 0.380. The molecule has 1 N–H and O–H groups in total. The standard InChI is InChI=1S/C37H52N8O/c1-42(2)37(46)44-19-7-12-33-34(44)22-29(26-8-3-4-9-26)25-45(33)35-24-39-32(23-38)36(41-35)40-30-15-13-27(14-16-30)28-17-20-43(21-18-28)31-10-5-6-11-31/h13-16,24,26,28-29,31,33-34H,3-12,17-22,25H2,1-2H3,(H,40,41)/t29?,33-,34-/m1/s1. The van der Waals surface area contributed by atoms with Crippen molar-refractivity contribution >= 4 is 23.4 Å². The van der Waals surface area contributed by atoms with Gasteiger partial charge < -0.3 is 24.9 Å². The zero-order valence-electron chi connectivity index (χ0n) is 27.9. The van der Waals surface area contributed by atoms with Gasteiger partial charge in [0, 0.05) is 38.9 Å². The van der Waals surface area contributed by atoms with Gasteiger partial charge in [-0.2, -0.15) is 5.26 Å². The van der Waals surface area contributed by atoms with Crippen LogP contribution in [0.5, 0.6) is 0 Å². The van der Waals surface area contributed by atoms with Crippen molar-refractivity contribution in [1.29, 1.82) is 5.26 Å². The maximum atomic E-state index is 13.3. The lowest BCUT2D eigenvalue weighted by atomic mass is 9.76. The summed E-state index contributed by atoms with van der Waals surface area (Å²) in [7, 11) is 3.72. The van der Waals surface area contributed by atoms with Crippen LogP contribution in [0.4, 0.5) is 22.1 Å². The van der Waals surface area contributed by atoms with Crippen LogP contribution in [0.15, 0.2) is 30.5 Å². The second-order valence-corrected chi connectivity index (χ2v) is 14.9. The Morgan fingerprint density at radius 3 is 2.30 bits per heavy atom. The molecule has 2 amide bonds. The summed E-state index contributed by atoms with van der Waals surface area (Å²) in [4.78, 5) is 32.0. The van der Waals surface area contributed by atoms with Crippen molar-refractivity contribution < 1.29 is 4.79 Å². The summed E-state index contributed by atoms with van der Waals surface area (Å²) in [5, 5.41) is 13.4. The molecule has 4 heterocycles. The second kappa shape index (κ2) is 13.8. The number of benzene rings is 1. The normalized spacial score (nSPS) is 26.6. The molecule has 5 aliphatic rings. The van der Waals surface area contributed by atoms with E-state index in [0.29, 0.717) is 29.3 Å². The van der Waals surface area contributed by atoms with Crippen LogP contribution in [0.25, 0.3) is 0 Å². The van der Waals surface area contributed by atoms with E-state index in [1.54, 1.807) is 11.1 Å². The number of amides is 2. The fourth-order valence-electron chi connectivity index (χ4n) is 9.52. The van der Waals surface area contributed by atoms with Gasteiger partial charge in [-0.05, 0) is 93.5 Å². The highest BCUT2D eigenvalue weighted by atomic mass is 16.2. The molecule has 0 spiro atoms. The minimum absolute atomic E-state index is 0.109. The Balaban J connectivity index is 1.09. The highest BCUT2D eigenvalue weighted by Gasteiger charge is 2.46. The minimum Gasteiger partial charge on any atom is -0.350 e. The van der Waals surface area contributed by atoms with Gasteiger partial charge in [0.1, 0.15) is 11.9 Å². The average Bonchev–Trinajstić information content (AvgIpc) is 3.84. The van der Waals surface area contributed by atoms with E-state index in [1.807, 2.05) is 14.1 Å². The van der Waals surface area contributed by atoms with Crippen molar-refractivity contribution in [3.05, 3.63) is 41.7 Å². The first-order chi connectivity index (χ1) is 22.5. The Hall–Kier alpha value is -3.38. The van der Waals surface area contributed by atoms with E-state index in [1.165, 1.54) is 82.9 Å². The van der Waals surface area contributed by atoms with Crippen LogP contribution in [-0.4, -0.2) is 89.1 Å². The summed E-state index contributed by atoms with van der Waals surface area (Å²) in [5.74, 6) is 3.14. The first kappa shape index (κ1) is 31.2. The van der Waals surface area contributed by atoms with Gasteiger partial charge in [-0.15, -0.1) is 0 Å². The molecule has 3 aliphatic heterocycles. The van der Waals surface area contributed by atoms with Gasteiger partial charge in [-0.25, -0.2) is 14.8 Å². The highest BCUT2D eigenvalue weighted by Crippen LogP contribution is 2.42. The van der Waals surface area contributed by atoms with E-state index < -0.39 is 0 Å². The third-order valence-electron chi connectivity index (χ3n) is 12.0. The highest BCUT2D eigenvalue weighted by molar-refractivity contribution is 5.74. The molecule has 246 valence electrons. The number of anilines is 3. The molecule has 3 saturated heterocycles. The van der Waals surface area contributed by atoms with E-state index >= 15 is 0 Å². The lowest BCUT2D eigenvalue weighted by Crippen LogP contribution is -2.63. The Bertz CT molecular complexity index is 1390. The number of piperidine rings is 3. The number of urea groups is 1. The lowest BCUT2D eigenvalue weighted by molar-refractivity contribution is 0.0771. The minimum atomic E-state index is 0.109. The topological polar surface area (TPSA) is 91.6 Å². The summed E-state index contributed by atoms with van der Waals surface area (Å²) >= 11 is 0. The SMILES string of the molecule is CN(C)C(=O)N1CCC[C@@H]2[C@H]1CC(C1CCCC1)CN2c1cnc(C#N)c(Nc2ccc(C3CCN(C4CCCC4)CC3)cc2)n1. The molecule has 7 rings (SSSR count). The predicted molar refractivity (Wildman–Crippen MR) is 182 cm³/mol. The maximum absolute atomic E-state index is 13.3. The summed E-state index contributed by atoms with van der Waals surface area (Å²) < 4.78 is 0. The van der Waals surface area contributed by atoms with Gasteiger partial charge in [0.25, 0.3) is 0 Å². The number of hydrogen-bond acceptors (Lipinski definition) is 7. The zero-order chi connectivity index (χ0) is 31.6. The first-order valence-electron chi connectivity index (χ1n) is 18.1. The Kier molecular flexibility index (Phi) is 9.35. The molecule has 2 aromatic rings. The number of hydrogen-bond donors (Lipinski definition) is 1. The van der Waals surface area contributed by atoms with Gasteiger partial charge >= 0.3 is 6.03 Å². The van der Waals surface area contributed by atoms with Gasteiger partial charge in [0.15, 0.2) is 11.5 Å². The molecule has 9 nitrogen and oxygen atoms in total. The van der Waals surface area contributed by atoms with Crippen molar-refractivity contribution in [1.82, 2.24) is 24.7 Å². The van der Waals surface area contributed by atoms with Crippen LogP contribution in [0.1, 0.15) is 101 Å². The summed E-state index contributed by atoms with van der Waals surface area (Å²) in [6.45, 7) is 4.17. The van der Waals surface area contributed by atoms with Gasteiger partial charge in [-0.1, -0.05) is 50.7 Å². The predicted octanol–water partition coefficient (Wildman–Crippen LogP) is 6.74. The van der Waals surface area contributed by atoms with Crippen molar-refractivity contribution in [3.63, 3.8) is 0 Å². The number of carbonyl (C=O) groups excluding carboxylic acids is 1. The van der Waals surface area contributed by atoms with E-state index in [9.17, 15) is 10.1 Å². The molecule has 2 saturated carbocycles. The fraction of sp³-hybridized carbons (Fsp3) is 0.676. The number of carbonyl (C=O) groups is 1. The fourth-order valence-corrected chi connectivity index (χ4v) is 9.52. The smallest absolute Gasteiger partial charge is 0.319 e. The Morgan fingerprint density at radius 1 is 0.891 bits per heavy atom. The molecular formula is C37H52N8O. The largest absolute Gasteiger partial charge is 0.350 e. The van der Waals surface area contributed by atoms with Gasteiger partial charge in [-0.3, -0.25) is 0 Å². The molecule has 1 aromatic carbocycles. The molecule has 5 fully saturated rings. The summed E-state index contributed by atoms with van der Waals surface area (Å²) in [6.07, 6.45) is 18.0. The van der Waals surface area contributed by atoms with Crippen LogP contribution in [-0.2, 0) is 0 Å². The maximum Gasteiger partial charge on any atom is 0.319 e. The number of nitrogens with zero attached hydrogens (tertiary/aromatic N) is 7. The van der Waals surface area contributed by atoms with Crippen molar-refractivity contribution in [2.24, 2.45) is 11.8 Å². The monoisotopic (exact) mass is 624 g/mol. The number of aromatic nitrogens is 2. The van der Waals surface area contributed by atoms with Crippen molar-refractivity contribution in [3.8, 4) is 6.07 Å². The molecule has 1 aromatic heterocycles. The first-order valence-corrected chi connectivity index (χ1v) is 18.1. The van der Waals surface area contributed by atoms with Gasteiger partial charge in [0.2, 0.25) is 0 Å². The van der Waals surface area contributed by atoms with Crippen LogP contribution in [0, 0.1) is 23.2 Å². The van der Waals surface area contributed by atoms with Crippen molar-refractivity contribution in [2.45, 2.75) is 108 Å². The molecule has 46 heavy (non-hydrogen) atoms. The third kappa shape index (κ3) is 6.43. The van der Waals surface area contributed by atoms with Gasteiger partial charge in [0.05, 0.1) is 18.3 Å². The third-order valence-corrected chi connectivity index (χ3v) is 12.0. The summed E-state index contributed by atoms with van der Waals surface area (Å²) in [5.41, 5.74) is 2.64. The molecular weight excluding hydrogens is 572 g/mol. The summed E-state index contributed by atoms with van der Waals surface area (Å²) in [6, 6.07) is 12.3. The molecule has 0 radical (unpaired) electrons. The van der Waals surface area contributed by atoms with E-state index in [0.717, 1.165) is 49.9 Å². The number of likely N-dealkylation sites (tertiary alicyclic amines) is 2. The number of fused-ring (bicyclic) bond motifs is 1. The van der Waals surface area contributed by atoms with E-state index in [-0.39, 0.29) is 18.1 Å². The van der Waals surface area contributed by atoms with Crippen LogP contribution < -0.4 is 10.2 Å². The molecule has 0 bridgehead atoms. The van der Waals surface area contributed by atoms with E-state index in [4.69, 9.17) is 4.98 Å². The zero-order valence-corrected chi connectivity index (χ0v) is 27.9. The average molecular weight is 625 g/mol. The van der Waals surface area contributed by atoms with E-state index in [2.05, 4.69) is 55.3 Å². The van der Waals surface area contributed by atoms with Crippen LogP contribution >= 0.6 is 0 Å². The Morgan fingerprint density at radius 2 is 1.61 bits per heavy atom. The van der Waals surface area contributed by atoms with Crippen molar-refractivity contribution in [2.75, 3.05) is 50.5 Å². The van der Waals surface area contributed by atoms with Crippen LogP contribution in [0.2, 0.25) is 0 Å². The molecule has 1 unspecified atom stereocenters.